The van der Waals surface area contributed by atoms with Gasteiger partial charge in [0.1, 0.15) is 22.9 Å². The van der Waals surface area contributed by atoms with E-state index < -0.39 is 17.4 Å². The number of carbonyl (C=O) groups excluding carboxylic acids is 2. The summed E-state index contributed by atoms with van der Waals surface area (Å²) < 4.78 is 7.04. The van der Waals surface area contributed by atoms with Crippen molar-refractivity contribution in [1.29, 1.82) is 0 Å². The number of amides is 2. The molecule has 0 saturated carbocycles. The first-order chi connectivity index (χ1) is 20.2. The number of halogens is 1. The van der Waals surface area contributed by atoms with E-state index in [4.69, 9.17) is 16.3 Å². The molecule has 2 heterocycles. The lowest BCUT2D eigenvalue weighted by Gasteiger charge is -2.11. The number of benzene rings is 3. The van der Waals surface area contributed by atoms with Gasteiger partial charge in [0.05, 0.1) is 0 Å². The third-order valence-electron chi connectivity index (χ3n) is 6.78. The van der Waals surface area contributed by atoms with E-state index in [9.17, 15) is 14.4 Å². The van der Waals surface area contributed by atoms with Gasteiger partial charge in [-0.05, 0) is 79.4 Å². The molecule has 3 aromatic carbocycles. The summed E-state index contributed by atoms with van der Waals surface area (Å²) in [5, 5.41) is 6.38. The molecule has 42 heavy (non-hydrogen) atoms. The average Bonchev–Trinajstić information content (AvgIpc) is 3.37. The first kappa shape index (κ1) is 29.0. The highest BCUT2D eigenvalue weighted by molar-refractivity contribution is 7.19. The number of ether oxygens (including phenoxy) is 1. The van der Waals surface area contributed by atoms with Crippen LogP contribution in [0.1, 0.15) is 55.9 Å². The lowest BCUT2D eigenvalue weighted by Crippen LogP contribution is -2.25. The van der Waals surface area contributed by atoms with E-state index in [1.165, 1.54) is 10.5 Å². The Labute approximate surface area is 252 Å². The predicted octanol–water partition coefficient (Wildman–Crippen LogP) is 7.06. The highest BCUT2D eigenvalue weighted by Crippen LogP contribution is 2.26. The third kappa shape index (κ3) is 6.37. The van der Waals surface area contributed by atoms with Gasteiger partial charge in [-0.15, -0.1) is 0 Å². The number of nitrogens with one attached hydrogen (secondary N) is 2. The van der Waals surface area contributed by atoms with Crippen LogP contribution in [0, 0.1) is 13.8 Å². The van der Waals surface area contributed by atoms with E-state index in [0.717, 1.165) is 34.4 Å². The summed E-state index contributed by atoms with van der Waals surface area (Å²) in [6.07, 6.45) is 1.42. The van der Waals surface area contributed by atoms with Crippen LogP contribution in [0.2, 0.25) is 5.02 Å². The first-order valence-corrected chi connectivity index (χ1v) is 14.6. The second kappa shape index (κ2) is 12.6. The van der Waals surface area contributed by atoms with Crippen molar-refractivity contribution in [2.24, 2.45) is 0 Å². The summed E-state index contributed by atoms with van der Waals surface area (Å²) >= 11 is 6.95. The van der Waals surface area contributed by atoms with Gasteiger partial charge in [-0.25, -0.2) is 9.38 Å². The fourth-order valence-corrected chi connectivity index (χ4v) is 5.57. The van der Waals surface area contributed by atoms with Gasteiger partial charge in [0.15, 0.2) is 4.96 Å². The molecule has 2 amide bonds. The van der Waals surface area contributed by atoms with E-state index in [0.29, 0.717) is 40.9 Å². The van der Waals surface area contributed by atoms with Crippen molar-refractivity contribution in [3.05, 3.63) is 121 Å². The number of thiazole rings is 1. The molecular weight excluding hydrogens is 572 g/mol. The number of hydrogen-bond acceptors (Lipinski definition) is 6. The molecule has 0 aliphatic carbocycles. The van der Waals surface area contributed by atoms with Gasteiger partial charge in [-0.1, -0.05) is 60.5 Å². The zero-order valence-corrected chi connectivity index (χ0v) is 24.9. The zero-order valence-electron chi connectivity index (χ0n) is 23.4. The van der Waals surface area contributed by atoms with Crippen LogP contribution >= 0.6 is 22.9 Å². The van der Waals surface area contributed by atoms with E-state index in [2.05, 4.69) is 15.6 Å². The number of aromatic nitrogens is 2. The lowest BCUT2D eigenvalue weighted by atomic mass is 10.1. The van der Waals surface area contributed by atoms with Crippen LogP contribution in [0.15, 0.2) is 77.6 Å². The quantitative estimate of drug-likeness (QED) is 0.188. The Bertz CT molecular complexity index is 1830. The third-order valence-corrected chi connectivity index (χ3v) is 8.08. The Balaban J connectivity index is 1.43. The van der Waals surface area contributed by atoms with Crippen molar-refractivity contribution in [1.82, 2.24) is 9.38 Å². The van der Waals surface area contributed by atoms with E-state index in [-0.39, 0.29) is 15.5 Å². The van der Waals surface area contributed by atoms with Crippen molar-refractivity contribution < 1.29 is 14.3 Å². The number of rotatable bonds is 9. The fraction of sp³-hybridized carbons (Fsp3) is 0.188. The van der Waals surface area contributed by atoms with Crippen LogP contribution in [0.4, 0.5) is 11.4 Å². The minimum atomic E-state index is -0.602. The van der Waals surface area contributed by atoms with Crippen molar-refractivity contribution in [3.8, 4) is 5.75 Å². The molecule has 10 heteroatoms. The molecule has 0 radical (unpaired) electrons. The molecule has 2 aromatic heterocycles. The molecule has 5 rings (SSSR count). The molecule has 0 bridgehead atoms. The normalized spacial score (nSPS) is 11.0. The van der Waals surface area contributed by atoms with Gasteiger partial charge in [0.25, 0.3) is 17.4 Å². The Morgan fingerprint density at radius 2 is 1.71 bits per heavy atom. The molecule has 214 valence electrons. The molecule has 5 aromatic rings. The largest absolute Gasteiger partial charge is 0.489 e. The summed E-state index contributed by atoms with van der Waals surface area (Å²) in [6.45, 7) is 6.22. The maximum atomic E-state index is 13.7. The molecule has 0 atom stereocenters. The van der Waals surface area contributed by atoms with Gasteiger partial charge in [-0.2, -0.15) is 0 Å². The highest BCUT2D eigenvalue weighted by atomic mass is 35.5. The van der Waals surface area contributed by atoms with Crippen LogP contribution in [-0.4, -0.2) is 21.2 Å². The van der Waals surface area contributed by atoms with E-state index in [1.807, 2.05) is 45.0 Å². The average molecular weight is 601 g/mol. The number of aryl methyl sites for hydroxylation is 2. The smallest absolute Gasteiger partial charge is 0.274 e. The molecule has 2 N–H and O–H groups in total. The Kier molecular flexibility index (Phi) is 8.70. The molecule has 0 spiro atoms. The predicted molar refractivity (Wildman–Crippen MR) is 167 cm³/mol. The fourth-order valence-electron chi connectivity index (χ4n) is 4.40. The summed E-state index contributed by atoms with van der Waals surface area (Å²) in [5.41, 5.74) is 4.14. The van der Waals surface area contributed by atoms with Crippen molar-refractivity contribution in [2.75, 3.05) is 10.6 Å². The second-order valence-corrected chi connectivity index (χ2v) is 11.2. The molecule has 8 nitrogen and oxygen atoms in total. The SMILES string of the molecule is CCCc1cc(=O)n2c(C(=O)Nc3ccc(OCc4ccc(Cl)cc4)cc3)c(C(=O)Nc3cccc(C)c3C)sc2n1. The maximum absolute atomic E-state index is 13.7. The number of hydrogen-bond donors (Lipinski definition) is 2. The van der Waals surface area contributed by atoms with Crippen LogP contribution in [0.3, 0.4) is 0 Å². The van der Waals surface area contributed by atoms with E-state index in [1.54, 1.807) is 42.5 Å². The van der Waals surface area contributed by atoms with Crippen molar-refractivity contribution in [3.63, 3.8) is 0 Å². The number of nitrogens with zero attached hydrogens (tertiary/aromatic N) is 2. The Hall–Kier alpha value is -4.47. The molecular formula is C32H29ClN4O4S. The maximum Gasteiger partial charge on any atom is 0.274 e. The molecule has 0 fully saturated rings. The van der Waals surface area contributed by atoms with Gasteiger partial charge in [-0.3, -0.25) is 14.4 Å². The van der Waals surface area contributed by atoms with E-state index >= 15 is 0 Å². The summed E-state index contributed by atoms with van der Waals surface area (Å²) in [7, 11) is 0. The molecule has 0 unspecified atom stereocenters. The van der Waals surface area contributed by atoms with Crippen molar-refractivity contribution in [2.45, 2.75) is 40.2 Å². The topological polar surface area (TPSA) is 102 Å². The number of carbonyl (C=O) groups is 2. The Morgan fingerprint density at radius 1 is 0.976 bits per heavy atom. The zero-order chi connectivity index (χ0) is 29.8. The van der Waals surface area contributed by atoms with Gasteiger partial charge in [0, 0.05) is 28.2 Å². The van der Waals surface area contributed by atoms with Crippen LogP contribution in [0.5, 0.6) is 5.75 Å². The molecule has 0 saturated heterocycles. The summed E-state index contributed by atoms with van der Waals surface area (Å²) in [4.78, 5) is 45.4. The molecule has 0 aliphatic heterocycles. The van der Waals surface area contributed by atoms with Crippen LogP contribution in [-0.2, 0) is 13.0 Å². The highest BCUT2D eigenvalue weighted by Gasteiger charge is 2.27. The number of anilines is 2. The monoisotopic (exact) mass is 600 g/mol. The summed E-state index contributed by atoms with van der Waals surface area (Å²) in [5.74, 6) is -0.484. The van der Waals surface area contributed by atoms with Gasteiger partial charge < -0.3 is 15.4 Å². The van der Waals surface area contributed by atoms with Gasteiger partial charge >= 0.3 is 0 Å². The standard InChI is InChI=1S/C32H29ClN4O4S/c1-4-6-24-17-27(38)37-28(29(42-32(37)35-24)31(40)36-26-8-5-7-19(2)20(26)3)30(39)34-23-13-15-25(16-14-23)41-18-21-9-11-22(33)12-10-21/h5,7-17H,4,6,18H2,1-3H3,(H,34,39)(H,36,40). The first-order valence-electron chi connectivity index (χ1n) is 13.4. The Morgan fingerprint density at radius 3 is 2.43 bits per heavy atom. The number of fused-ring (bicyclic) bond motifs is 1. The summed E-state index contributed by atoms with van der Waals surface area (Å²) in [6, 6.07) is 21.2. The minimum Gasteiger partial charge on any atom is -0.489 e. The van der Waals surface area contributed by atoms with Crippen LogP contribution in [0.25, 0.3) is 4.96 Å². The van der Waals surface area contributed by atoms with Crippen LogP contribution < -0.4 is 20.9 Å². The molecule has 0 aliphatic rings. The van der Waals surface area contributed by atoms with Gasteiger partial charge in [0.2, 0.25) is 0 Å². The second-order valence-electron chi connectivity index (χ2n) is 9.83. The van der Waals surface area contributed by atoms with Crippen molar-refractivity contribution >= 4 is 51.1 Å². The minimum absolute atomic E-state index is 0.0681. The lowest BCUT2D eigenvalue weighted by molar-refractivity contribution is 0.0989.